The molecule has 0 aliphatic carbocycles. The predicted octanol–water partition coefficient (Wildman–Crippen LogP) is -4.12. The molecule has 0 saturated carbocycles. The first kappa shape index (κ1) is 21.3. The van der Waals surface area contributed by atoms with Crippen molar-refractivity contribution < 1.29 is 59.5 Å². The molecule has 2 aliphatic rings. The molecule has 8 atom stereocenters. The zero-order valence-electron chi connectivity index (χ0n) is 14.0. The van der Waals surface area contributed by atoms with Crippen LogP contribution in [0.2, 0.25) is 0 Å². The summed E-state index contributed by atoms with van der Waals surface area (Å²) in [5.41, 5.74) is 0. The lowest BCUT2D eigenvalue weighted by Gasteiger charge is -2.44. The Balaban J connectivity index is 2.29. The molecule has 1 fully saturated rings. The molecule has 2 heterocycles. The Morgan fingerprint density at radius 3 is 2.33 bits per heavy atom. The zero-order valence-corrected chi connectivity index (χ0v) is 14.0. The molecule has 0 spiro atoms. The number of hydrogen-bond donors (Lipinski definition) is 8. The Morgan fingerprint density at radius 1 is 1.19 bits per heavy atom. The molecule has 0 aromatic carbocycles. The first-order valence-electron chi connectivity index (χ1n) is 7.82. The first-order chi connectivity index (χ1) is 12.6. The van der Waals surface area contributed by atoms with Crippen molar-refractivity contribution in [3.63, 3.8) is 0 Å². The Bertz CT molecular complexity index is 609. The summed E-state index contributed by atoms with van der Waals surface area (Å²) in [4.78, 5) is 22.4. The average molecular weight is 395 g/mol. The van der Waals surface area contributed by atoms with Crippen molar-refractivity contribution in [2.45, 2.75) is 56.1 Å². The summed E-state index contributed by atoms with van der Waals surface area (Å²) in [6.45, 7) is 0.371. The van der Waals surface area contributed by atoms with Gasteiger partial charge in [0.2, 0.25) is 18.0 Å². The summed E-state index contributed by atoms with van der Waals surface area (Å²) in [5.74, 6) is -4.62. The quantitative estimate of drug-likeness (QED) is 0.223. The lowest BCUT2D eigenvalue weighted by atomic mass is 9.96. The van der Waals surface area contributed by atoms with E-state index in [4.69, 9.17) is 19.3 Å². The lowest BCUT2D eigenvalue weighted by molar-refractivity contribution is -0.304. The maximum Gasteiger partial charge on any atom is 0.375 e. The summed E-state index contributed by atoms with van der Waals surface area (Å²) < 4.78 is 15.1. The van der Waals surface area contributed by atoms with Gasteiger partial charge in [0, 0.05) is 6.92 Å². The minimum atomic E-state index is -2.07. The van der Waals surface area contributed by atoms with Crippen LogP contribution in [0.1, 0.15) is 6.92 Å². The lowest BCUT2D eigenvalue weighted by Crippen LogP contribution is -2.66. The number of nitrogens with one attached hydrogen (secondary N) is 1. The SMILES string of the molecule is CC(=O)N[C@@H]1[C@@H](O[C@@H]2OC(C(=O)O)=C(O)[C@H](O)[C@H]2O)[C@H](O)[C@@H](CO)O[C@H]1O. The minimum absolute atomic E-state index is 0.639. The number of carboxylic acid groups (broad SMARTS) is 1. The van der Waals surface area contributed by atoms with Gasteiger partial charge in [-0.05, 0) is 0 Å². The fourth-order valence-electron chi connectivity index (χ4n) is 2.75. The number of aliphatic hydroxyl groups is 6. The minimum Gasteiger partial charge on any atom is -0.506 e. The second kappa shape index (κ2) is 8.35. The van der Waals surface area contributed by atoms with Crippen molar-refractivity contribution in [2.75, 3.05) is 6.61 Å². The van der Waals surface area contributed by atoms with Crippen LogP contribution in [0.15, 0.2) is 11.5 Å². The van der Waals surface area contributed by atoms with E-state index in [0.29, 0.717) is 0 Å². The van der Waals surface area contributed by atoms with Gasteiger partial charge in [-0.15, -0.1) is 0 Å². The van der Waals surface area contributed by atoms with Crippen LogP contribution in [0, 0.1) is 0 Å². The molecule has 8 N–H and O–H groups in total. The van der Waals surface area contributed by atoms with Crippen LogP contribution >= 0.6 is 0 Å². The molecular formula is C14H21NO12. The van der Waals surface area contributed by atoms with Crippen molar-refractivity contribution >= 4 is 11.9 Å². The Kier molecular flexibility index (Phi) is 6.59. The van der Waals surface area contributed by atoms with Gasteiger partial charge in [0.1, 0.15) is 36.6 Å². The fourth-order valence-corrected chi connectivity index (χ4v) is 2.75. The van der Waals surface area contributed by atoms with Crippen molar-refractivity contribution in [2.24, 2.45) is 0 Å². The van der Waals surface area contributed by atoms with E-state index in [-0.39, 0.29) is 0 Å². The maximum absolute atomic E-state index is 11.4. The van der Waals surface area contributed by atoms with E-state index in [1.807, 2.05) is 0 Å². The highest BCUT2D eigenvalue weighted by atomic mass is 16.7. The molecule has 0 unspecified atom stereocenters. The van der Waals surface area contributed by atoms with Crippen molar-refractivity contribution in [1.29, 1.82) is 0 Å². The number of ether oxygens (including phenoxy) is 3. The van der Waals surface area contributed by atoms with E-state index in [2.05, 4.69) is 5.32 Å². The third-order valence-corrected chi connectivity index (χ3v) is 4.08. The molecule has 154 valence electrons. The molecule has 2 rings (SSSR count). The molecular weight excluding hydrogens is 374 g/mol. The van der Waals surface area contributed by atoms with Gasteiger partial charge in [0.25, 0.3) is 0 Å². The highest BCUT2D eigenvalue weighted by Crippen LogP contribution is 2.29. The van der Waals surface area contributed by atoms with Crippen LogP contribution in [-0.2, 0) is 23.8 Å². The normalized spacial score (nSPS) is 39.6. The molecule has 1 amide bonds. The number of amides is 1. The number of aliphatic hydroxyl groups excluding tert-OH is 6. The highest BCUT2D eigenvalue weighted by molar-refractivity contribution is 5.85. The topological polar surface area (TPSA) is 215 Å². The number of carbonyl (C=O) groups is 2. The largest absolute Gasteiger partial charge is 0.506 e. The van der Waals surface area contributed by atoms with Crippen LogP contribution in [0.4, 0.5) is 0 Å². The van der Waals surface area contributed by atoms with Crippen LogP contribution in [0.5, 0.6) is 0 Å². The maximum atomic E-state index is 11.4. The van der Waals surface area contributed by atoms with E-state index < -0.39 is 79.1 Å². The van der Waals surface area contributed by atoms with E-state index in [0.717, 1.165) is 6.92 Å². The van der Waals surface area contributed by atoms with Gasteiger partial charge in [-0.2, -0.15) is 0 Å². The van der Waals surface area contributed by atoms with Gasteiger partial charge in [-0.1, -0.05) is 0 Å². The first-order valence-corrected chi connectivity index (χ1v) is 7.82. The van der Waals surface area contributed by atoms with Crippen molar-refractivity contribution in [3.8, 4) is 0 Å². The van der Waals surface area contributed by atoms with E-state index >= 15 is 0 Å². The smallest absolute Gasteiger partial charge is 0.375 e. The Labute approximate surface area is 152 Å². The van der Waals surface area contributed by atoms with E-state index in [9.17, 15) is 40.2 Å². The van der Waals surface area contributed by atoms with Gasteiger partial charge in [0.15, 0.2) is 12.0 Å². The van der Waals surface area contributed by atoms with E-state index in [1.165, 1.54) is 0 Å². The molecule has 0 aromatic rings. The summed E-state index contributed by atoms with van der Waals surface area (Å²) in [5, 5.41) is 70.1. The monoisotopic (exact) mass is 395 g/mol. The van der Waals surface area contributed by atoms with Gasteiger partial charge in [-0.3, -0.25) is 4.79 Å². The molecule has 2 aliphatic heterocycles. The van der Waals surface area contributed by atoms with Gasteiger partial charge < -0.3 is 55.3 Å². The van der Waals surface area contributed by atoms with Crippen molar-refractivity contribution in [3.05, 3.63) is 11.5 Å². The third-order valence-electron chi connectivity index (χ3n) is 4.08. The summed E-state index contributed by atoms with van der Waals surface area (Å²) in [6.07, 6.45) is -12.2. The Hall–Kier alpha value is -2.00. The third kappa shape index (κ3) is 4.30. The molecule has 13 nitrogen and oxygen atoms in total. The zero-order chi connectivity index (χ0) is 20.5. The second-order valence-corrected chi connectivity index (χ2v) is 6.01. The predicted molar refractivity (Wildman–Crippen MR) is 80.6 cm³/mol. The molecule has 27 heavy (non-hydrogen) atoms. The number of aliphatic carboxylic acids is 1. The second-order valence-electron chi connectivity index (χ2n) is 6.01. The van der Waals surface area contributed by atoms with Gasteiger partial charge in [-0.25, -0.2) is 4.79 Å². The highest BCUT2D eigenvalue weighted by Gasteiger charge is 2.50. The number of hydrogen-bond acceptors (Lipinski definition) is 11. The van der Waals surface area contributed by atoms with Crippen LogP contribution in [-0.4, -0.2) is 103 Å². The molecule has 0 aromatic heterocycles. The Morgan fingerprint density at radius 2 is 1.81 bits per heavy atom. The fraction of sp³-hybridized carbons (Fsp3) is 0.714. The summed E-state index contributed by atoms with van der Waals surface area (Å²) in [7, 11) is 0. The molecule has 1 saturated heterocycles. The van der Waals surface area contributed by atoms with Crippen molar-refractivity contribution in [1.82, 2.24) is 5.32 Å². The number of carboxylic acids is 1. The van der Waals surface area contributed by atoms with Crippen LogP contribution < -0.4 is 5.32 Å². The van der Waals surface area contributed by atoms with E-state index in [1.54, 1.807) is 0 Å². The standard InChI is InChI=1S/C14H21NO12/c1-3(17)15-5-10(6(18)4(2-16)25-13(5)24)26-14-9(21)7(19)8(20)11(27-14)12(22)23/h4-7,9-10,13-14,16,18-21,24H,2H2,1H3,(H,15,17)(H,22,23)/t4-,5-,6-,7+,9-,10-,13-,14-/m1/s1. The van der Waals surface area contributed by atoms with Gasteiger partial charge >= 0.3 is 5.97 Å². The average Bonchev–Trinajstić information content (AvgIpc) is 2.60. The van der Waals surface area contributed by atoms with Crippen LogP contribution in [0.25, 0.3) is 0 Å². The molecule has 0 bridgehead atoms. The summed E-state index contributed by atoms with van der Waals surface area (Å²) in [6, 6.07) is -1.39. The molecule has 13 heteroatoms. The number of carbonyl (C=O) groups excluding carboxylic acids is 1. The summed E-state index contributed by atoms with van der Waals surface area (Å²) >= 11 is 0. The molecule has 0 radical (unpaired) electrons. The van der Waals surface area contributed by atoms with Crippen LogP contribution in [0.3, 0.4) is 0 Å². The number of rotatable bonds is 5. The van der Waals surface area contributed by atoms with Gasteiger partial charge in [0.05, 0.1) is 6.61 Å².